The summed E-state index contributed by atoms with van der Waals surface area (Å²) in [4.78, 5) is 10.5. The van der Waals surface area contributed by atoms with E-state index in [0.29, 0.717) is 19.1 Å². The van der Waals surface area contributed by atoms with Gasteiger partial charge in [-0.2, -0.15) is 0 Å². The summed E-state index contributed by atoms with van der Waals surface area (Å²) in [5.41, 5.74) is 1.80. The molecule has 0 aliphatic rings. The molecule has 0 radical (unpaired) electrons. The summed E-state index contributed by atoms with van der Waals surface area (Å²) < 4.78 is 13.4. The molecule has 0 unspecified atom stereocenters. The first-order valence-corrected chi connectivity index (χ1v) is 7.05. The molecule has 2 aromatic heterocycles. The van der Waals surface area contributed by atoms with Crippen molar-refractivity contribution in [1.29, 1.82) is 0 Å². The molecule has 0 aliphatic heterocycles. The van der Waals surface area contributed by atoms with Crippen LogP contribution in [0.2, 0.25) is 0 Å². The van der Waals surface area contributed by atoms with Gasteiger partial charge >= 0.3 is 0 Å². The highest BCUT2D eigenvalue weighted by Gasteiger charge is 2.12. The first kappa shape index (κ1) is 15.4. The molecule has 0 spiro atoms. The highest BCUT2D eigenvalue weighted by molar-refractivity contribution is 5.46. The lowest BCUT2D eigenvalue weighted by Crippen LogP contribution is -2.25. The largest absolute Gasteiger partial charge is 0.354 e. The number of nitrogens with one attached hydrogen (secondary N) is 1. The van der Waals surface area contributed by atoms with Gasteiger partial charge in [-0.3, -0.25) is 4.98 Å². The molecular weight excluding hydrogens is 267 g/mol. The molecule has 2 heterocycles. The molecule has 2 rings (SSSR count). The smallest absolute Gasteiger partial charge is 0.141 e. The lowest BCUT2D eigenvalue weighted by molar-refractivity contribution is 0.577. The van der Waals surface area contributed by atoms with Gasteiger partial charge in [-0.15, -0.1) is 0 Å². The van der Waals surface area contributed by atoms with Gasteiger partial charge in [-0.05, 0) is 18.2 Å². The standard InChI is InChI=1S/C16H21FN4/c1-12(2)19-9-13-8-14(17)10-20-16(13)21(3)11-15-6-4-5-7-18-15/h4-8,10,12,19H,9,11H2,1-3H3. The molecule has 21 heavy (non-hydrogen) atoms. The molecule has 0 bridgehead atoms. The van der Waals surface area contributed by atoms with Gasteiger partial charge < -0.3 is 10.2 Å². The number of nitrogens with zero attached hydrogens (tertiary/aromatic N) is 3. The zero-order chi connectivity index (χ0) is 15.2. The minimum absolute atomic E-state index is 0.314. The number of rotatable bonds is 6. The van der Waals surface area contributed by atoms with Gasteiger partial charge in [-0.1, -0.05) is 19.9 Å². The maximum Gasteiger partial charge on any atom is 0.141 e. The van der Waals surface area contributed by atoms with Gasteiger partial charge in [0, 0.05) is 31.4 Å². The fourth-order valence-electron chi connectivity index (χ4n) is 2.07. The Hall–Kier alpha value is -2.01. The summed E-state index contributed by atoms with van der Waals surface area (Å²) in [6.45, 7) is 5.34. The maximum atomic E-state index is 13.4. The number of anilines is 1. The number of halogens is 1. The molecule has 4 nitrogen and oxygen atoms in total. The Morgan fingerprint density at radius 3 is 2.76 bits per heavy atom. The van der Waals surface area contributed by atoms with Crippen molar-refractivity contribution in [1.82, 2.24) is 15.3 Å². The molecule has 0 saturated carbocycles. The van der Waals surface area contributed by atoms with E-state index >= 15 is 0 Å². The summed E-state index contributed by atoms with van der Waals surface area (Å²) in [6, 6.07) is 7.67. The fourth-order valence-corrected chi connectivity index (χ4v) is 2.07. The Morgan fingerprint density at radius 2 is 2.10 bits per heavy atom. The molecule has 5 heteroatoms. The summed E-state index contributed by atoms with van der Waals surface area (Å²) in [7, 11) is 1.94. The second kappa shape index (κ2) is 7.13. The van der Waals surface area contributed by atoms with Crippen molar-refractivity contribution in [3.63, 3.8) is 0 Å². The first-order valence-electron chi connectivity index (χ1n) is 7.05. The van der Waals surface area contributed by atoms with Crippen molar-refractivity contribution in [3.8, 4) is 0 Å². The van der Waals surface area contributed by atoms with E-state index in [4.69, 9.17) is 0 Å². The lowest BCUT2D eigenvalue weighted by Gasteiger charge is -2.21. The van der Waals surface area contributed by atoms with Crippen LogP contribution in [0.1, 0.15) is 25.1 Å². The minimum atomic E-state index is -0.314. The van der Waals surface area contributed by atoms with Crippen molar-refractivity contribution in [3.05, 3.63) is 53.7 Å². The predicted molar refractivity (Wildman–Crippen MR) is 82.5 cm³/mol. The van der Waals surface area contributed by atoms with E-state index in [1.165, 1.54) is 12.3 Å². The summed E-state index contributed by atoms with van der Waals surface area (Å²) >= 11 is 0. The first-order chi connectivity index (χ1) is 10.1. The van der Waals surface area contributed by atoms with Crippen LogP contribution in [0.15, 0.2) is 36.7 Å². The molecule has 0 aliphatic carbocycles. The Morgan fingerprint density at radius 1 is 1.29 bits per heavy atom. The Bertz CT molecular complexity index is 572. The molecular formula is C16H21FN4. The Balaban J connectivity index is 2.17. The Labute approximate surface area is 125 Å². The van der Waals surface area contributed by atoms with Crippen molar-refractivity contribution in [2.24, 2.45) is 0 Å². The molecule has 0 atom stereocenters. The third-order valence-electron chi connectivity index (χ3n) is 3.10. The van der Waals surface area contributed by atoms with Crippen LogP contribution in [-0.2, 0) is 13.1 Å². The number of aromatic nitrogens is 2. The monoisotopic (exact) mass is 288 g/mol. The lowest BCUT2D eigenvalue weighted by atomic mass is 10.2. The van der Waals surface area contributed by atoms with E-state index in [1.807, 2.05) is 30.1 Å². The summed E-state index contributed by atoms with van der Waals surface area (Å²) in [5, 5.41) is 3.30. The van der Waals surface area contributed by atoms with Gasteiger partial charge in [0.2, 0.25) is 0 Å². The van der Waals surface area contributed by atoms with E-state index in [1.54, 1.807) is 6.20 Å². The molecule has 1 N–H and O–H groups in total. The minimum Gasteiger partial charge on any atom is -0.354 e. The van der Waals surface area contributed by atoms with Crippen LogP contribution < -0.4 is 10.2 Å². The molecule has 2 aromatic rings. The van der Waals surface area contributed by atoms with E-state index in [2.05, 4.69) is 29.1 Å². The number of hydrogen-bond acceptors (Lipinski definition) is 4. The highest BCUT2D eigenvalue weighted by Crippen LogP contribution is 2.19. The van der Waals surface area contributed by atoms with Crippen LogP contribution >= 0.6 is 0 Å². The van der Waals surface area contributed by atoms with Crippen molar-refractivity contribution in [2.75, 3.05) is 11.9 Å². The summed E-state index contributed by atoms with van der Waals surface area (Å²) in [6.07, 6.45) is 3.02. The van der Waals surface area contributed by atoms with Crippen LogP contribution in [0.4, 0.5) is 10.2 Å². The van der Waals surface area contributed by atoms with E-state index < -0.39 is 0 Å². The van der Waals surface area contributed by atoms with E-state index in [-0.39, 0.29) is 5.82 Å². The van der Waals surface area contributed by atoms with Crippen LogP contribution in [0, 0.1) is 5.82 Å². The van der Waals surface area contributed by atoms with Gasteiger partial charge in [0.1, 0.15) is 11.6 Å². The second-order valence-electron chi connectivity index (χ2n) is 5.35. The summed E-state index contributed by atoms with van der Waals surface area (Å²) in [5.74, 6) is 0.459. The van der Waals surface area contributed by atoms with Crippen LogP contribution in [0.5, 0.6) is 0 Å². The van der Waals surface area contributed by atoms with Gasteiger partial charge in [-0.25, -0.2) is 9.37 Å². The maximum absolute atomic E-state index is 13.4. The molecule has 0 aromatic carbocycles. The van der Waals surface area contributed by atoms with Crippen LogP contribution in [-0.4, -0.2) is 23.1 Å². The van der Waals surface area contributed by atoms with Crippen molar-refractivity contribution < 1.29 is 4.39 Å². The van der Waals surface area contributed by atoms with Gasteiger partial charge in [0.15, 0.2) is 0 Å². The SMILES string of the molecule is CC(C)NCc1cc(F)cnc1N(C)Cc1ccccn1. The molecule has 112 valence electrons. The molecule has 0 saturated heterocycles. The fraction of sp³-hybridized carbons (Fsp3) is 0.375. The van der Waals surface area contributed by atoms with Gasteiger partial charge in [0.25, 0.3) is 0 Å². The normalized spacial score (nSPS) is 10.9. The number of pyridine rings is 2. The van der Waals surface area contributed by atoms with Crippen LogP contribution in [0.3, 0.4) is 0 Å². The molecule has 0 fully saturated rings. The van der Waals surface area contributed by atoms with Crippen molar-refractivity contribution >= 4 is 5.82 Å². The number of hydrogen-bond donors (Lipinski definition) is 1. The quantitative estimate of drug-likeness (QED) is 0.887. The predicted octanol–water partition coefficient (Wildman–Crippen LogP) is 2.75. The third kappa shape index (κ3) is 4.49. The van der Waals surface area contributed by atoms with Crippen molar-refractivity contribution in [2.45, 2.75) is 33.0 Å². The highest BCUT2D eigenvalue weighted by atomic mass is 19.1. The van der Waals surface area contributed by atoms with Gasteiger partial charge in [0.05, 0.1) is 18.4 Å². The van der Waals surface area contributed by atoms with E-state index in [9.17, 15) is 4.39 Å². The Kier molecular flexibility index (Phi) is 5.22. The molecule has 0 amide bonds. The third-order valence-corrected chi connectivity index (χ3v) is 3.10. The topological polar surface area (TPSA) is 41.1 Å². The van der Waals surface area contributed by atoms with Crippen LogP contribution in [0.25, 0.3) is 0 Å². The zero-order valence-corrected chi connectivity index (χ0v) is 12.7. The average molecular weight is 288 g/mol. The average Bonchev–Trinajstić information content (AvgIpc) is 2.46. The van der Waals surface area contributed by atoms with E-state index in [0.717, 1.165) is 17.1 Å². The second-order valence-corrected chi connectivity index (χ2v) is 5.35. The zero-order valence-electron chi connectivity index (χ0n) is 12.7.